The fraction of sp³-hybridized carbons (Fsp3) is 0.471. The molecule has 21 heavy (non-hydrogen) atoms. The van der Waals surface area contributed by atoms with E-state index in [0.717, 1.165) is 24.3 Å². The van der Waals surface area contributed by atoms with Crippen LogP contribution in [0.2, 0.25) is 0 Å². The second-order valence-electron chi connectivity index (χ2n) is 6.37. The van der Waals surface area contributed by atoms with Gasteiger partial charge in [-0.3, -0.25) is 4.68 Å². The first kappa shape index (κ1) is 15.7. The second kappa shape index (κ2) is 6.39. The molecule has 1 unspecified atom stereocenters. The van der Waals surface area contributed by atoms with Crippen molar-refractivity contribution in [2.45, 2.75) is 46.8 Å². The number of rotatable bonds is 5. The van der Waals surface area contributed by atoms with Gasteiger partial charge in [-0.1, -0.05) is 32.9 Å². The van der Waals surface area contributed by atoms with Crippen molar-refractivity contribution in [1.82, 2.24) is 15.1 Å². The molecule has 0 spiro atoms. The maximum Gasteiger partial charge on any atom is 0.123 e. The van der Waals surface area contributed by atoms with E-state index < -0.39 is 0 Å². The molecule has 1 heterocycles. The quantitative estimate of drug-likeness (QED) is 0.904. The van der Waals surface area contributed by atoms with Crippen LogP contribution in [0.25, 0.3) is 0 Å². The van der Waals surface area contributed by atoms with Gasteiger partial charge in [-0.25, -0.2) is 4.39 Å². The Morgan fingerprint density at radius 3 is 2.43 bits per heavy atom. The molecule has 0 aliphatic carbocycles. The Bertz CT molecular complexity index is 566. The van der Waals surface area contributed by atoms with Gasteiger partial charge in [0.15, 0.2) is 0 Å². The van der Waals surface area contributed by atoms with Crippen molar-refractivity contribution in [3.8, 4) is 0 Å². The van der Waals surface area contributed by atoms with E-state index >= 15 is 0 Å². The van der Waals surface area contributed by atoms with Gasteiger partial charge < -0.3 is 5.32 Å². The highest BCUT2D eigenvalue weighted by Gasteiger charge is 2.26. The van der Waals surface area contributed by atoms with Crippen LogP contribution >= 0.6 is 0 Å². The first-order valence-electron chi connectivity index (χ1n) is 7.41. The highest BCUT2D eigenvalue weighted by molar-refractivity contribution is 5.22. The molecule has 0 aliphatic heterocycles. The lowest BCUT2D eigenvalue weighted by atomic mass is 9.82. The Labute approximate surface area is 126 Å². The van der Waals surface area contributed by atoms with Crippen LogP contribution in [0.3, 0.4) is 0 Å². The molecule has 0 saturated carbocycles. The Hall–Kier alpha value is -1.68. The van der Waals surface area contributed by atoms with Gasteiger partial charge in [-0.05, 0) is 36.1 Å². The number of nitrogens with one attached hydrogen (secondary N) is 1. The van der Waals surface area contributed by atoms with Gasteiger partial charge in [0, 0.05) is 25.3 Å². The molecule has 1 atom stereocenters. The molecule has 0 radical (unpaired) electrons. The molecule has 114 valence electrons. The molecule has 1 aromatic heterocycles. The van der Waals surface area contributed by atoms with Crippen LogP contribution in [-0.2, 0) is 13.1 Å². The van der Waals surface area contributed by atoms with Crippen molar-refractivity contribution >= 4 is 0 Å². The summed E-state index contributed by atoms with van der Waals surface area (Å²) in [7, 11) is 0. The zero-order valence-corrected chi connectivity index (χ0v) is 13.2. The standard InChI is InChI=1S/C17H24FN3/c1-5-21-15(10-11-20-21)12-19-16(17(2,3)4)13-6-8-14(18)9-7-13/h6-11,16,19H,5,12H2,1-4H3. The zero-order chi connectivity index (χ0) is 15.5. The van der Waals surface area contributed by atoms with Crippen LogP contribution in [0.1, 0.15) is 45.0 Å². The van der Waals surface area contributed by atoms with Gasteiger partial charge in [0.25, 0.3) is 0 Å². The van der Waals surface area contributed by atoms with Gasteiger partial charge in [0.1, 0.15) is 5.82 Å². The summed E-state index contributed by atoms with van der Waals surface area (Å²) in [6, 6.07) is 8.93. The van der Waals surface area contributed by atoms with Crippen molar-refractivity contribution in [2.24, 2.45) is 5.41 Å². The predicted octanol–water partition coefficient (Wildman–Crippen LogP) is 3.92. The molecule has 3 nitrogen and oxygen atoms in total. The summed E-state index contributed by atoms with van der Waals surface area (Å²) in [5, 5.41) is 7.88. The van der Waals surface area contributed by atoms with Crippen molar-refractivity contribution in [3.05, 3.63) is 53.6 Å². The molecule has 4 heteroatoms. The summed E-state index contributed by atoms with van der Waals surface area (Å²) < 4.78 is 15.1. The molecule has 0 fully saturated rings. The molecule has 0 saturated heterocycles. The number of aryl methyl sites for hydroxylation is 1. The van der Waals surface area contributed by atoms with Crippen LogP contribution in [0.5, 0.6) is 0 Å². The van der Waals surface area contributed by atoms with E-state index in [2.05, 4.69) is 38.1 Å². The maximum absolute atomic E-state index is 13.1. The number of nitrogens with zero attached hydrogens (tertiary/aromatic N) is 2. The van der Waals surface area contributed by atoms with Crippen LogP contribution in [-0.4, -0.2) is 9.78 Å². The predicted molar refractivity (Wildman–Crippen MR) is 83.3 cm³/mol. The summed E-state index contributed by atoms with van der Waals surface area (Å²) in [6.45, 7) is 10.2. The number of benzene rings is 1. The number of aromatic nitrogens is 2. The molecular formula is C17H24FN3. The minimum Gasteiger partial charge on any atom is -0.304 e. The van der Waals surface area contributed by atoms with E-state index in [0.29, 0.717) is 0 Å². The van der Waals surface area contributed by atoms with E-state index in [1.54, 1.807) is 0 Å². The summed E-state index contributed by atoms with van der Waals surface area (Å²) in [4.78, 5) is 0. The van der Waals surface area contributed by atoms with Crippen molar-refractivity contribution in [1.29, 1.82) is 0 Å². The summed E-state index contributed by atoms with van der Waals surface area (Å²) >= 11 is 0. The normalized spacial score (nSPS) is 13.4. The molecule has 1 aromatic carbocycles. The first-order chi connectivity index (χ1) is 9.91. The average molecular weight is 289 g/mol. The van der Waals surface area contributed by atoms with Gasteiger partial charge in [0.2, 0.25) is 0 Å². The Morgan fingerprint density at radius 2 is 1.86 bits per heavy atom. The molecule has 0 bridgehead atoms. The summed E-state index contributed by atoms with van der Waals surface area (Å²) in [5.74, 6) is -0.199. The molecule has 0 amide bonds. The smallest absolute Gasteiger partial charge is 0.123 e. The minimum absolute atomic E-state index is 0.0366. The van der Waals surface area contributed by atoms with E-state index in [-0.39, 0.29) is 17.3 Å². The fourth-order valence-corrected chi connectivity index (χ4v) is 2.58. The van der Waals surface area contributed by atoms with E-state index in [4.69, 9.17) is 0 Å². The van der Waals surface area contributed by atoms with Gasteiger partial charge in [-0.2, -0.15) is 5.10 Å². The molecule has 1 N–H and O–H groups in total. The van der Waals surface area contributed by atoms with Gasteiger partial charge in [-0.15, -0.1) is 0 Å². The highest BCUT2D eigenvalue weighted by atomic mass is 19.1. The van der Waals surface area contributed by atoms with E-state index in [1.165, 1.54) is 12.1 Å². The summed E-state index contributed by atoms with van der Waals surface area (Å²) in [6.07, 6.45) is 1.82. The lowest BCUT2D eigenvalue weighted by molar-refractivity contribution is 0.268. The van der Waals surface area contributed by atoms with E-state index in [1.807, 2.05) is 29.1 Å². The van der Waals surface area contributed by atoms with Crippen LogP contribution < -0.4 is 5.32 Å². The van der Waals surface area contributed by atoms with Crippen LogP contribution in [0, 0.1) is 11.2 Å². The first-order valence-corrected chi connectivity index (χ1v) is 7.41. The molecular weight excluding hydrogens is 265 g/mol. The maximum atomic E-state index is 13.1. The third kappa shape index (κ3) is 3.91. The SMILES string of the molecule is CCn1nccc1CNC(c1ccc(F)cc1)C(C)(C)C. The average Bonchev–Trinajstić information content (AvgIpc) is 2.87. The largest absolute Gasteiger partial charge is 0.304 e. The third-order valence-electron chi connectivity index (χ3n) is 3.66. The van der Waals surface area contributed by atoms with Crippen molar-refractivity contribution < 1.29 is 4.39 Å². The number of hydrogen-bond acceptors (Lipinski definition) is 2. The molecule has 0 aliphatic rings. The summed E-state index contributed by atoms with van der Waals surface area (Å²) in [5.41, 5.74) is 2.30. The Balaban J connectivity index is 2.16. The lowest BCUT2D eigenvalue weighted by Crippen LogP contribution is -2.32. The molecule has 2 rings (SSSR count). The second-order valence-corrected chi connectivity index (χ2v) is 6.37. The number of hydrogen-bond donors (Lipinski definition) is 1. The van der Waals surface area contributed by atoms with Gasteiger partial charge in [0.05, 0.1) is 5.69 Å². The van der Waals surface area contributed by atoms with Crippen LogP contribution in [0.4, 0.5) is 4.39 Å². The van der Waals surface area contributed by atoms with E-state index in [9.17, 15) is 4.39 Å². The highest BCUT2D eigenvalue weighted by Crippen LogP contribution is 2.33. The van der Waals surface area contributed by atoms with Crippen LogP contribution in [0.15, 0.2) is 36.5 Å². The third-order valence-corrected chi connectivity index (χ3v) is 3.66. The number of halogens is 1. The zero-order valence-electron chi connectivity index (χ0n) is 13.2. The lowest BCUT2D eigenvalue weighted by Gasteiger charge is -2.32. The van der Waals surface area contributed by atoms with Crippen molar-refractivity contribution in [2.75, 3.05) is 0 Å². The Kier molecular flexibility index (Phi) is 4.78. The Morgan fingerprint density at radius 1 is 1.19 bits per heavy atom. The minimum atomic E-state index is -0.199. The molecule has 2 aromatic rings. The van der Waals surface area contributed by atoms with Crippen molar-refractivity contribution in [3.63, 3.8) is 0 Å². The topological polar surface area (TPSA) is 29.9 Å². The monoisotopic (exact) mass is 289 g/mol. The van der Waals surface area contributed by atoms with Gasteiger partial charge >= 0.3 is 0 Å². The fourth-order valence-electron chi connectivity index (χ4n) is 2.58.